The molecule has 1 fully saturated rings. The molecule has 0 spiro atoms. The van der Waals surface area contributed by atoms with Crippen molar-refractivity contribution in [3.63, 3.8) is 0 Å². The van der Waals surface area contributed by atoms with Crippen LogP contribution in [0.25, 0.3) is 0 Å². The number of aryl methyl sites for hydroxylation is 1. The molecule has 1 aliphatic rings. The first kappa shape index (κ1) is 17.6. The number of nitrogens with zero attached hydrogens (tertiary/aromatic N) is 5. The Kier molecular flexibility index (Phi) is 5.44. The Labute approximate surface area is 150 Å². The topological polar surface area (TPSA) is 83.5 Å². The maximum atomic E-state index is 12.2. The van der Waals surface area contributed by atoms with E-state index in [1.165, 1.54) is 11.3 Å². The molecule has 25 heavy (non-hydrogen) atoms. The molecule has 1 aliphatic heterocycles. The molecule has 8 nitrogen and oxygen atoms in total. The van der Waals surface area contributed by atoms with Crippen LogP contribution in [0.3, 0.4) is 0 Å². The van der Waals surface area contributed by atoms with Crippen LogP contribution in [-0.2, 0) is 11.3 Å². The largest absolute Gasteiger partial charge is 0.378 e. The normalized spacial score (nSPS) is 14.4. The van der Waals surface area contributed by atoms with Crippen molar-refractivity contribution in [1.82, 2.24) is 20.3 Å². The molecular weight excluding hydrogens is 340 g/mol. The summed E-state index contributed by atoms with van der Waals surface area (Å²) in [4.78, 5) is 30.3. The number of rotatable bonds is 5. The van der Waals surface area contributed by atoms with Crippen LogP contribution in [0.1, 0.15) is 21.1 Å². The molecule has 0 atom stereocenters. The summed E-state index contributed by atoms with van der Waals surface area (Å²) in [6.45, 7) is 5.04. The highest BCUT2D eigenvalue weighted by atomic mass is 32.1. The van der Waals surface area contributed by atoms with Crippen LogP contribution < -0.4 is 15.1 Å². The fraction of sp³-hybridized carbons (Fsp3) is 0.500. The van der Waals surface area contributed by atoms with Crippen molar-refractivity contribution in [2.75, 3.05) is 50.2 Å². The summed E-state index contributed by atoms with van der Waals surface area (Å²) < 4.78 is 5.38. The number of carbonyl (C=O) groups is 1. The molecule has 9 heteroatoms. The van der Waals surface area contributed by atoms with Gasteiger partial charge in [0.15, 0.2) is 5.82 Å². The van der Waals surface area contributed by atoms with E-state index < -0.39 is 0 Å². The predicted octanol–water partition coefficient (Wildman–Crippen LogP) is 1.07. The highest BCUT2D eigenvalue weighted by molar-refractivity contribution is 7.12. The maximum Gasteiger partial charge on any atom is 0.261 e. The van der Waals surface area contributed by atoms with Gasteiger partial charge in [-0.05, 0) is 23.9 Å². The fourth-order valence-electron chi connectivity index (χ4n) is 2.38. The van der Waals surface area contributed by atoms with Crippen molar-refractivity contribution in [1.29, 1.82) is 0 Å². The zero-order valence-electron chi connectivity index (χ0n) is 14.7. The molecule has 0 bridgehead atoms. The van der Waals surface area contributed by atoms with Crippen molar-refractivity contribution < 1.29 is 9.53 Å². The van der Waals surface area contributed by atoms with Crippen LogP contribution in [0, 0.1) is 6.92 Å². The highest BCUT2D eigenvalue weighted by Gasteiger charge is 2.17. The standard InChI is InChI=1S/C16H22N6O2S/c1-11-8-12(25-10-11)14(23)17-9-13-18-15(21(2)3)20-16(19-13)22-4-6-24-7-5-22/h8,10H,4-7,9H2,1-3H3,(H,17,23). The second kappa shape index (κ2) is 7.75. The monoisotopic (exact) mass is 362 g/mol. The van der Waals surface area contributed by atoms with Crippen molar-refractivity contribution in [3.05, 3.63) is 27.7 Å². The van der Waals surface area contributed by atoms with Gasteiger partial charge in [0, 0.05) is 27.2 Å². The first-order chi connectivity index (χ1) is 12.0. The Morgan fingerprint density at radius 3 is 2.72 bits per heavy atom. The SMILES string of the molecule is Cc1csc(C(=O)NCc2nc(N(C)C)nc(N3CCOCC3)n2)c1. The molecule has 0 aromatic carbocycles. The summed E-state index contributed by atoms with van der Waals surface area (Å²) in [7, 11) is 3.77. The van der Waals surface area contributed by atoms with Gasteiger partial charge in [-0.3, -0.25) is 4.79 Å². The molecular formula is C16H22N6O2S. The lowest BCUT2D eigenvalue weighted by Crippen LogP contribution is -2.38. The number of aromatic nitrogens is 3. The number of anilines is 2. The molecule has 3 rings (SSSR count). The first-order valence-corrected chi connectivity index (χ1v) is 8.99. The van der Waals surface area contributed by atoms with E-state index in [0.29, 0.717) is 35.8 Å². The van der Waals surface area contributed by atoms with Crippen molar-refractivity contribution in [3.8, 4) is 0 Å². The zero-order valence-corrected chi connectivity index (χ0v) is 15.5. The van der Waals surface area contributed by atoms with E-state index in [9.17, 15) is 4.79 Å². The van der Waals surface area contributed by atoms with Crippen molar-refractivity contribution >= 4 is 29.1 Å². The molecule has 2 aromatic heterocycles. The third-order valence-corrected chi connectivity index (χ3v) is 4.76. The molecule has 0 unspecified atom stereocenters. The Morgan fingerprint density at radius 1 is 1.32 bits per heavy atom. The van der Waals surface area contributed by atoms with Gasteiger partial charge < -0.3 is 19.9 Å². The van der Waals surface area contributed by atoms with Gasteiger partial charge in [-0.2, -0.15) is 15.0 Å². The van der Waals surface area contributed by atoms with Crippen LogP contribution in [0.5, 0.6) is 0 Å². The average Bonchev–Trinajstić information content (AvgIpc) is 3.06. The van der Waals surface area contributed by atoms with E-state index in [2.05, 4.69) is 25.2 Å². The van der Waals surface area contributed by atoms with Crippen LogP contribution in [0.15, 0.2) is 11.4 Å². The number of amides is 1. The van der Waals surface area contributed by atoms with Crippen LogP contribution >= 0.6 is 11.3 Å². The lowest BCUT2D eigenvalue weighted by molar-refractivity contribution is 0.0954. The van der Waals surface area contributed by atoms with Gasteiger partial charge in [-0.1, -0.05) is 0 Å². The number of ether oxygens (including phenoxy) is 1. The lowest BCUT2D eigenvalue weighted by atomic mass is 10.3. The molecule has 3 heterocycles. The minimum Gasteiger partial charge on any atom is -0.378 e. The van der Waals surface area contributed by atoms with Gasteiger partial charge in [0.25, 0.3) is 5.91 Å². The van der Waals surface area contributed by atoms with E-state index in [1.54, 1.807) is 0 Å². The Bertz CT molecular complexity index is 742. The minimum absolute atomic E-state index is 0.113. The quantitative estimate of drug-likeness (QED) is 0.852. The molecule has 2 aromatic rings. The number of hydrogen-bond acceptors (Lipinski definition) is 8. The molecule has 0 radical (unpaired) electrons. The molecule has 0 aliphatic carbocycles. The summed E-state index contributed by atoms with van der Waals surface area (Å²) in [6.07, 6.45) is 0. The van der Waals surface area contributed by atoms with Crippen LogP contribution in [-0.4, -0.2) is 61.3 Å². The smallest absolute Gasteiger partial charge is 0.261 e. The van der Waals surface area contributed by atoms with Crippen molar-refractivity contribution in [2.45, 2.75) is 13.5 Å². The van der Waals surface area contributed by atoms with Gasteiger partial charge in [-0.15, -0.1) is 11.3 Å². The Balaban J connectivity index is 1.75. The molecule has 1 N–H and O–H groups in total. The van der Waals surface area contributed by atoms with E-state index >= 15 is 0 Å². The molecule has 1 amide bonds. The second-order valence-electron chi connectivity index (χ2n) is 6.02. The van der Waals surface area contributed by atoms with Crippen LogP contribution in [0.4, 0.5) is 11.9 Å². The van der Waals surface area contributed by atoms with Gasteiger partial charge >= 0.3 is 0 Å². The van der Waals surface area contributed by atoms with Gasteiger partial charge in [0.05, 0.1) is 24.6 Å². The fourth-order valence-corrected chi connectivity index (χ4v) is 3.19. The third kappa shape index (κ3) is 4.43. The summed E-state index contributed by atoms with van der Waals surface area (Å²) >= 11 is 1.43. The first-order valence-electron chi connectivity index (χ1n) is 8.11. The van der Waals surface area contributed by atoms with Gasteiger partial charge in [0.1, 0.15) is 0 Å². The van der Waals surface area contributed by atoms with E-state index in [0.717, 1.165) is 18.7 Å². The summed E-state index contributed by atoms with van der Waals surface area (Å²) in [6, 6.07) is 1.87. The number of hydrogen-bond donors (Lipinski definition) is 1. The van der Waals surface area contributed by atoms with Gasteiger partial charge in [0.2, 0.25) is 11.9 Å². The van der Waals surface area contributed by atoms with Crippen molar-refractivity contribution in [2.24, 2.45) is 0 Å². The summed E-state index contributed by atoms with van der Waals surface area (Å²) in [5.41, 5.74) is 1.08. The number of carbonyl (C=O) groups excluding carboxylic acids is 1. The lowest BCUT2D eigenvalue weighted by Gasteiger charge is -2.27. The predicted molar refractivity (Wildman–Crippen MR) is 97.4 cm³/mol. The number of nitrogens with one attached hydrogen (secondary N) is 1. The highest BCUT2D eigenvalue weighted by Crippen LogP contribution is 2.15. The van der Waals surface area contributed by atoms with E-state index in [1.807, 2.05) is 37.4 Å². The van der Waals surface area contributed by atoms with E-state index in [-0.39, 0.29) is 12.5 Å². The summed E-state index contributed by atoms with van der Waals surface area (Å²) in [5.74, 6) is 1.63. The van der Waals surface area contributed by atoms with Gasteiger partial charge in [-0.25, -0.2) is 0 Å². The molecule has 1 saturated heterocycles. The zero-order chi connectivity index (χ0) is 17.8. The van der Waals surface area contributed by atoms with Crippen LogP contribution in [0.2, 0.25) is 0 Å². The third-order valence-electron chi connectivity index (χ3n) is 3.71. The maximum absolute atomic E-state index is 12.2. The Hall–Kier alpha value is -2.26. The molecule has 0 saturated carbocycles. The minimum atomic E-state index is -0.113. The average molecular weight is 362 g/mol. The Morgan fingerprint density at radius 2 is 2.08 bits per heavy atom. The second-order valence-corrected chi connectivity index (χ2v) is 6.93. The molecule has 134 valence electrons. The number of thiophene rings is 1. The number of morpholine rings is 1. The van der Waals surface area contributed by atoms with E-state index in [4.69, 9.17) is 4.74 Å². The summed E-state index contributed by atoms with van der Waals surface area (Å²) in [5, 5.41) is 4.84.